The Kier molecular flexibility index (Phi) is 4.78. The molecule has 25 heavy (non-hydrogen) atoms. The van der Waals surface area contributed by atoms with Gasteiger partial charge in [-0.1, -0.05) is 0 Å². The van der Waals surface area contributed by atoms with Gasteiger partial charge in [-0.2, -0.15) is 0 Å². The van der Waals surface area contributed by atoms with Gasteiger partial charge in [0.25, 0.3) is 5.56 Å². The van der Waals surface area contributed by atoms with Crippen molar-refractivity contribution in [2.45, 2.75) is 19.4 Å². The molecule has 2 aromatic rings. The Hall–Kier alpha value is -2.77. The highest BCUT2D eigenvalue weighted by atomic mass is 16.3. The SMILES string of the molecule is Cn1c(N2CCC(C(=O)NCc3ccco3)CC2)cc(=O)n(C)c1=O. The first-order valence-electron chi connectivity index (χ1n) is 8.29. The van der Waals surface area contributed by atoms with Crippen molar-refractivity contribution < 1.29 is 9.21 Å². The van der Waals surface area contributed by atoms with Crippen molar-refractivity contribution in [3.63, 3.8) is 0 Å². The number of carbonyl (C=O) groups is 1. The Labute approximate surface area is 144 Å². The van der Waals surface area contributed by atoms with Gasteiger partial charge in [0.15, 0.2) is 0 Å². The van der Waals surface area contributed by atoms with Crippen LogP contribution in [0.5, 0.6) is 0 Å². The van der Waals surface area contributed by atoms with E-state index in [1.54, 1.807) is 19.4 Å². The standard InChI is InChI=1S/C17H22N4O4/c1-19-14(10-15(22)20(2)17(19)24)21-7-5-12(6-8-21)16(23)18-11-13-4-3-9-25-13/h3-4,9-10,12H,5-8,11H2,1-2H3,(H,18,23). The van der Waals surface area contributed by atoms with E-state index in [2.05, 4.69) is 5.32 Å². The molecule has 1 fully saturated rings. The van der Waals surface area contributed by atoms with E-state index < -0.39 is 0 Å². The average molecular weight is 346 g/mol. The summed E-state index contributed by atoms with van der Waals surface area (Å²) in [5.41, 5.74) is -0.669. The van der Waals surface area contributed by atoms with E-state index >= 15 is 0 Å². The van der Waals surface area contributed by atoms with E-state index in [1.165, 1.54) is 17.7 Å². The van der Waals surface area contributed by atoms with E-state index in [0.717, 1.165) is 10.3 Å². The Balaban J connectivity index is 1.61. The van der Waals surface area contributed by atoms with Crippen LogP contribution in [0.15, 0.2) is 38.5 Å². The monoisotopic (exact) mass is 346 g/mol. The summed E-state index contributed by atoms with van der Waals surface area (Å²) in [5, 5.41) is 2.89. The van der Waals surface area contributed by atoms with Crippen LogP contribution in [0, 0.1) is 5.92 Å². The van der Waals surface area contributed by atoms with Gasteiger partial charge < -0.3 is 14.6 Å². The molecule has 134 valence electrons. The van der Waals surface area contributed by atoms with Crippen molar-refractivity contribution in [2.75, 3.05) is 18.0 Å². The van der Waals surface area contributed by atoms with Gasteiger partial charge in [0.05, 0.1) is 12.8 Å². The van der Waals surface area contributed by atoms with Gasteiger partial charge in [0.2, 0.25) is 5.91 Å². The highest BCUT2D eigenvalue weighted by molar-refractivity contribution is 5.78. The molecule has 0 bridgehead atoms. The molecule has 3 rings (SSSR count). The maximum atomic E-state index is 12.3. The summed E-state index contributed by atoms with van der Waals surface area (Å²) in [6, 6.07) is 5.08. The van der Waals surface area contributed by atoms with Gasteiger partial charge in [-0.25, -0.2) is 4.79 Å². The predicted molar refractivity (Wildman–Crippen MR) is 92.4 cm³/mol. The van der Waals surface area contributed by atoms with E-state index in [-0.39, 0.29) is 23.1 Å². The summed E-state index contributed by atoms with van der Waals surface area (Å²) in [6.45, 7) is 1.63. The molecule has 0 saturated carbocycles. The van der Waals surface area contributed by atoms with E-state index in [1.807, 2.05) is 11.0 Å². The molecule has 1 saturated heterocycles. The van der Waals surface area contributed by atoms with E-state index in [9.17, 15) is 14.4 Å². The molecule has 0 radical (unpaired) electrons. The minimum atomic E-state index is -0.346. The molecule has 1 N–H and O–H groups in total. The average Bonchev–Trinajstić information content (AvgIpc) is 3.14. The van der Waals surface area contributed by atoms with Gasteiger partial charge in [-0.15, -0.1) is 0 Å². The van der Waals surface area contributed by atoms with Crippen molar-refractivity contribution in [3.8, 4) is 0 Å². The topological polar surface area (TPSA) is 89.5 Å². The smallest absolute Gasteiger partial charge is 0.332 e. The first-order chi connectivity index (χ1) is 12.0. The first kappa shape index (κ1) is 17.1. The first-order valence-corrected chi connectivity index (χ1v) is 8.29. The number of nitrogens with zero attached hydrogens (tertiary/aromatic N) is 3. The van der Waals surface area contributed by atoms with Crippen molar-refractivity contribution in [2.24, 2.45) is 20.0 Å². The third-order valence-electron chi connectivity index (χ3n) is 4.71. The Bertz CT molecular complexity index is 858. The number of amides is 1. The number of rotatable bonds is 4. The molecule has 8 heteroatoms. The summed E-state index contributed by atoms with van der Waals surface area (Å²) in [6.07, 6.45) is 2.93. The molecule has 3 heterocycles. The van der Waals surface area contributed by atoms with Crippen molar-refractivity contribution in [1.82, 2.24) is 14.5 Å². The second-order valence-electron chi connectivity index (χ2n) is 6.30. The number of carbonyl (C=O) groups excluding carboxylic acids is 1. The minimum Gasteiger partial charge on any atom is -0.467 e. The summed E-state index contributed by atoms with van der Waals surface area (Å²) in [7, 11) is 3.11. The molecule has 0 unspecified atom stereocenters. The molecule has 0 aromatic carbocycles. The van der Waals surface area contributed by atoms with Gasteiger partial charge in [-0.05, 0) is 25.0 Å². The zero-order valence-electron chi connectivity index (χ0n) is 14.4. The number of hydrogen-bond donors (Lipinski definition) is 1. The van der Waals surface area contributed by atoms with Crippen LogP contribution >= 0.6 is 0 Å². The van der Waals surface area contributed by atoms with Crippen LogP contribution in [0.25, 0.3) is 0 Å². The second-order valence-corrected chi connectivity index (χ2v) is 6.30. The molecule has 2 aromatic heterocycles. The minimum absolute atomic E-state index is 0.00825. The Morgan fingerprint density at radius 3 is 2.60 bits per heavy atom. The lowest BCUT2D eigenvalue weighted by atomic mass is 9.96. The number of anilines is 1. The zero-order valence-corrected chi connectivity index (χ0v) is 14.4. The molecule has 8 nitrogen and oxygen atoms in total. The van der Waals surface area contributed by atoms with Crippen LogP contribution in [0.3, 0.4) is 0 Å². The maximum Gasteiger partial charge on any atom is 0.332 e. The fourth-order valence-corrected chi connectivity index (χ4v) is 3.13. The highest BCUT2D eigenvalue weighted by Gasteiger charge is 2.26. The Morgan fingerprint density at radius 2 is 1.96 bits per heavy atom. The molecule has 1 aliphatic heterocycles. The molecule has 0 atom stereocenters. The molecule has 1 amide bonds. The van der Waals surface area contributed by atoms with Crippen molar-refractivity contribution in [3.05, 3.63) is 51.1 Å². The third kappa shape index (κ3) is 3.52. The lowest BCUT2D eigenvalue weighted by molar-refractivity contribution is -0.125. The highest BCUT2D eigenvalue weighted by Crippen LogP contribution is 2.21. The van der Waals surface area contributed by atoms with Crippen LogP contribution in [0.4, 0.5) is 5.82 Å². The largest absolute Gasteiger partial charge is 0.467 e. The zero-order chi connectivity index (χ0) is 18.0. The van der Waals surface area contributed by atoms with Crippen LogP contribution in [-0.2, 0) is 25.4 Å². The van der Waals surface area contributed by atoms with Gasteiger partial charge in [-0.3, -0.25) is 18.7 Å². The van der Waals surface area contributed by atoms with Gasteiger partial charge >= 0.3 is 5.69 Å². The molecule has 1 aliphatic rings. The Morgan fingerprint density at radius 1 is 1.24 bits per heavy atom. The van der Waals surface area contributed by atoms with Crippen LogP contribution in [0.1, 0.15) is 18.6 Å². The molecular formula is C17H22N4O4. The summed E-state index contributed by atoms with van der Waals surface area (Å²) >= 11 is 0. The normalized spacial score (nSPS) is 15.4. The van der Waals surface area contributed by atoms with Crippen LogP contribution in [-0.4, -0.2) is 28.1 Å². The maximum absolute atomic E-state index is 12.3. The number of piperidine rings is 1. The van der Waals surface area contributed by atoms with Gasteiger partial charge in [0, 0.05) is 39.2 Å². The molecular weight excluding hydrogens is 324 g/mol. The van der Waals surface area contributed by atoms with Crippen LogP contribution in [0.2, 0.25) is 0 Å². The van der Waals surface area contributed by atoms with E-state index in [0.29, 0.717) is 38.3 Å². The van der Waals surface area contributed by atoms with Gasteiger partial charge in [0.1, 0.15) is 11.6 Å². The predicted octanol–water partition coefficient (Wildman–Crippen LogP) is 0.210. The van der Waals surface area contributed by atoms with Crippen molar-refractivity contribution in [1.29, 1.82) is 0 Å². The fraction of sp³-hybridized carbons (Fsp3) is 0.471. The number of aromatic nitrogens is 2. The number of nitrogens with one attached hydrogen (secondary N) is 1. The summed E-state index contributed by atoms with van der Waals surface area (Å²) in [5.74, 6) is 1.26. The number of hydrogen-bond acceptors (Lipinski definition) is 5. The van der Waals surface area contributed by atoms with Crippen LogP contribution < -0.4 is 21.5 Å². The molecule has 0 spiro atoms. The lowest BCUT2D eigenvalue weighted by Gasteiger charge is -2.33. The fourth-order valence-electron chi connectivity index (χ4n) is 3.13. The lowest BCUT2D eigenvalue weighted by Crippen LogP contribution is -2.44. The van der Waals surface area contributed by atoms with E-state index in [4.69, 9.17) is 4.42 Å². The third-order valence-corrected chi connectivity index (χ3v) is 4.71. The summed E-state index contributed by atoms with van der Waals surface area (Å²) in [4.78, 5) is 38.2. The molecule has 0 aliphatic carbocycles. The van der Waals surface area contributed by atoms with Crippen molar-refractivity contribution >= 4 is 11.7 Å². The summed E-state index contributed by atoms with van der Waals surface area (Å²) < 4.78 is 7.76. The number of furan rings is 1. The quantitative estimate of drug-likeness (QED) is 0.855. The second kappa shape index (κ2) is 7.00.